The van der Waals surface area contributed by atoms with Crippen LogP contribution in [0.4, 0.5) is 28.8 Å². The Hall–Kier alpha value is -3.60. The summed E-state index contributed by atoms with van der Waals surface area (Å²) in [4.78, 5) is 11.5. The minimum Gasteiger partial charge on any atom is -0.378 e. The van der Waals surface area contributed by atoms with Gasteiger partial charge in [-0.1, -0.05) is 36.4 Å². The average Bonchev–Trinajstić information content (AvgIpc) is 2.69. The van der Waals surface area contributed by atoms with Crippen molar-refractivity contribution in [1.82, 2.24) is 9.97 Å². The number of fused-ring (bicyclic) bond motifs is 1. The van der Waals surface area contributed by atoms with E-state index in [1.807, 2.05) is 80.8 Å². The fourth-order valence-electron chi connectivity index (χ4n) is 2.88. The number of benzene rings is 3. The molecule has 5 nitrogen and oxygen atoms in total. The lowest BCUT2D eigenvalue weighted by Crippen LogP contribution is -2.09. The molecule has 0 radical (unpaired) electrons. The Balaban J connectivity index is 1.72. The van der Waals surface area contributed by atoms with Crippen molar-refractivity contribution < 1.29 is 0 Å². The molecule has 4 rings (SSSR count). The van der Waals surface area contributed by atoms with Gasteiger partial charge >= 0.3 is 0 Å². The van der Waals surface area contributed by atoms with Gasteiger partial charge in [0.1, 0.15) is 5.82 Å². The van der Waals surface area contributed by atoms with Gasteiger partial charge in [-0.15, -0.1) is 0 Å². The third-order valence-electron chi connectivity index (χ3n) is 4.26. The predicted molar refractivity (Wildman–Crippen MR) is 113 cm³/mol. The van der Waals surface area contributed by atoms with Gasteiger partial charge in [0.25, 0.3) is 0 Å². The van der Waals surface area contributed by atoms with Gasteiger partial charge in [-0.2, -0.15) is 4.98 Å². The molecule has 0 unspecified atom stereocenters. The minimum atomic E-state index is 0.558. The van der Waals surface area contributed by atoms with E-state index < -0.39 is 0 Å². The predicted octanol–water partition coefficient (Wildman–Crippen LogP) is 5.18. The summed E-state index contributed by atoms with van der Waals surface area (Å²) in [7, 11) is 4.04. The van der Waals surface area contributed by atoms with Gasteiger partial charge in [-0.3, -0.25) is 0 Å². The van der Waals surface area contributed by atoms with Gasteiger partial charge < -0.3 is 15.5 Å². The van der Waals surface area contributed by atoms with Crippen LogP contribution in [0.1, 0.15) is 0 Å². The first-order valence-electron chi connectivity index (χ1n) is 8.82. The molecule has 5 heteroatoms. The number of para-hydroxylation sites is 2. The molecule has 2 N–H and O–H groups in total. The van der Waals surface area contributed by atoms with Crippen LogP contribution in [0.3, 0.4) is 0 Å². The molecule has 0 saturated heterocycles. The summed E-state index contributed by atoms with van der Waals surface area (Å²) in [5.74, 6) is 1.33. The highest BCUT2D eigenvalue weighted by Crippen LogP contribution is 2.27. The fourth-order valence-corrected chi connectivity index (χ4v) is 2.88. The van der Waals surface area contributed by atoms with Crippen molar-refractivity contribution >= 4 is 39.7 Å². The second-order valence-corrected chi connectivity index (χ2v) is 6.47. The van der Waals surface area contributed by atoms with Crippen LogP contribution in [0.15, 0.2) is 78.9 Å². The molecule has 134 valence electrons. The molecule has 0 aliphatic heterocycles. The average molecular weight is 355 g/mol. The Bertz CT molecular complexity index is 1060. The van der Waals surface area contributed by atoms with Crippen molar-refractivity contribution in [3.63, 3.8) is 0 Å². The van der Waals surface area contributed by atoms with Crippen LogP contribution < -0.4 is 15.5 Å². The maximum absolute atomic E-state index is 4.72. The van der Waals surface area contributed by atoms with Crippen molar-refractivity contribution in [2.75, 3.05) is 29.6 Å². The number of hydrogen-bond acceptors (Lipinski definition) is 5. The summed E-state index contributed by atoms with van der Waals surface area (Å²) >= 11 is 0. The molecular weight excluding hydrogens is 334 g/mol. The summed E-state index contributed by atoms with van der Waals surface area (Å²) in [5.41, 5.74) is 3.93. The zero-order chi connectivity index (χ0) is 18.6. The van der Waals surface area contributed by atoms with Gasteiger partial charge in [0.05, 0.1) is 5.52 Å². The van der Waals surface area contributed by atoms with E-state index in [4.69, 9.17) is 4.98 Å². The van der Waals surface area contributed by atoms with Crippen LogP contribution in [0.5, 0.6) is 0 Å². The van der Waals surface area contributed by atoms with E-state index >= 15 is 0 Å². The van der Waals surface area contributed by atoms with Crippen molar-refractivity contribution in [2.45, 2.75) is 0 Å². The molecule has 0 amide bonds. The number of aromatic nitrogens is 2. The van der Waals surface area contributed by atoms with Crippen LogP contribution in [-0.2, 0) is 0 Å². The monoisotopic (exact) mass is 355 g/mol. The Morgan fingerprint density at radius 3 is 2.26 bits per heavy atom. The van der Waals surface area contributed by atoms with Gasteiger partial charge in [0.2, 0.25) is 5.95 Å². The number of rotatable bonds is 5. The molecular formula is C22H21N5. The van der Waals surface area contributed by atoms with Crippen molar-refractivity contribution in [1.29, 1.82) is 0 Å². The first-order chi connectivity index (χ1) is 13.2. The van der Waals surface area contributed by atoms with E-state index in [2.05, 4.69) is 32.7 Å². The maximum atomic E-state index is 4.72. The SMILES string of the molecule is CN(C)c1cccc(Nc2nc(Nc3ccccc3)c3ccccc3n2)c1. The first kappa shape index (κ1) is 16.8. The standard InChI is InChI=1S/C22H21N5/c1-27(2)18-12-8-11-17(15-18)24-22-25-20-14-7-6-13-19(20)21(26-22)23-16-9-4-3-5-10-16/h3-15H,1-2H3,(H2,23,24,25,26). The summed E-state index contributed by atoms with van der Waals surface area (Å²) < 4.78 is 0. The molecule has 0 atom stereocenters. The van der Waals surface area contributed by atoms with Gasteiger partial charge in [0, 0.05) is 36.5 Å². The number of hydrogen-bond donors (Lipinski definition) is 2. The van der Waals surface area contributed by atoms with Gasteiger partial charge in [-0.25, -0.2) is 4.98 Å². The van der Waals surface area contributed by atoms with Crippen LogP contribution >= 0.6 is 0 Å². The Morgan fingerprint density at radius 2 is 1.44 bits per heavy atom. The van der Waals surface area contributed by atoms with Crippen molar-refractivity contribution in [3.05, 3.63) is 78.9 Å². The highest BCUT2D eigenvalue weighted by atomic mass is 15.1. The number of anilines is 5. The highest BCUT2D eigenvalue weighted by molar-refractivity contribution is 5.92. The van der Waals surface area contributed by atoms with Crippen LogP contribution in [0, 0.1) is 0 Å². The highest BCUT2D eigenvalue weighted by Gasteiger charge is 2.09. The molecule has 0 saturated carbocycles. The molecule has 0 bridgehead atoms. The molecule has 0 aliphatic carbocycles. The number of nitrogens with zero attached hydrogens (tertiary/aromatic N) is 3. The second kappa shape index (κ2) is 7.33. The third kappa shape index (κ3) is 3.82. The van der Waals surface area contributed by atoms with Crippen LogP contribution in [0.25, 0.3) is 10.9 Å². The molecule has 0 spiro atoms. The molecule has 1 heterocycles. The lowest BCUT2D eigenvalue weighted by atomic mass is 10.2. The van der Waals surface area contributed by atoms with E-state index in [0.29, 0.717) is 5.95 Å². The summed E-state index contributed by atoms with van der Waals surface area (Å²) in [6.07, 6.45) is 0. The Morgan fingerprint density at radius 1 is 0.704 bits per heavy atom. The van der Waals surface area contributed by atoms with Gasteiger partial charge in [-0.05, 0) is 42.5 Å². The van der Waals surface area contributed by atoms with Gasteiger partial charge in [0.15, 0.2) is 0 Å². The quantitative estimate of drug-likeness (QED) is 0.516. The summed E-state index contributed by atoms with van der Waals surface area (Å²) in [5, 5.41) is 7.71. The number of nitrogens with one attached hydrogen (secondary N) is 2. The van der Waals surface area contributed by atoms with E-state index in [1.54, 1.807) is 0 Å². The van der Waals surface area contributed by atoms with E-state index in [-0.39, 0.29) is 0 Å². The maximum Gasteiger partial charge on any atom is 0.229 e. The molecule has 1 aromatic heterocycles. The molecule has 3 aromatic carbocycles. The van der Waals surface area contributed by atoms with Crippen LogP contribution in [-0.4, -0.2) is 24.1 Å². The van der Waals surface area contributed by atoms with Crippen LogP contribution in [0.2, 0.25) is 0 Å². The first-order valence-corrected chi connectivity index (χ1v) is 8.82. The Labute approximate surface area is 158 Å². The lowest BCUT2D eigenvalue weighted by molar-refractivity contribution is 1.13. The summed E-state index contributed by atoms with van der Waals surface area (Å²) in [6.45, 7) is 0. The normalized spacial score (nSPS) is 10.6. The Kier molecular flexibility index (Phi) is 4.58. The van der Waals surface area contributed by atoms with E-state index in [9.17, 15) is 0 Å². The topological polar surface area (TPSA) is 53.1 Å². The molecule has 27 heavy (non-hydrogen) atoms. The smallest absolute Gasteiger partial charge is 0.229 e. The van der Waals surface area contributed by atoms with Crippen molar-refractivity contribution in [3.8, 4) is 0 Å². The second-order valence-electron chi connectivity index (χ2n) is 6.47. The third-order valence-corrected chi connectivity index (χ3v) is 4.26. The van der Waals surface area contributed by atoms with E-state index in [0.717, 1.165) is 33.8 Å². The lowest BCUT2D eigenvalue weighted by Gasteiger charge is -2.15. The fraction of sp³-hybridized carbons (Fsp3) is 0.0909. The molecule has 0 fully saturated rings. The largest absolute Gasteiger partial charge is 0.378 e. The van der Waals surface area contributed by atoms with E-state index in [1.165, 1.54) is 0 Å². The molecule has 0 aliphatic rings. The minimum absolute atomic E-state index is 0.558. The summed E-state index contributed by atoms with van der Waals surface area (Å²) in [6, 6.07) is 26.2. The zero-order valence-corrected chi connectivity index (χ0v) is 15.3. The molecule has 4 aromatic rings. The van der Waals surface area contributed by atoms with Crippen molar-refractivity contribution in [2.24, 2.45) is 0 Å². The zero-order valence-electron chi connectivity index (χ0n) is 15.3.